The largest absolute Gasteiger partial charge is 0.444 e. The van der Waals surface area contributed by atoms with Gasteiger partial charge in [-0.15, -0.1) is 11.3 Å². The number of aromatic nitrogens is 1. The number of carbonyl (C=O) groups excluding carboxylic acids is 1. The number of aryl methyl sites for hydroxylation is 1. The van der Waals surface area contributed by atoms with E-state index >= 15 is 0 Å². The summed E-state index contributed by atoms with van der Waals surface area (Å²) in [4.78, 5) is 31.0. The van der Waals surface area contributed by atoms with Crippen LogP contribution >= 0.6 is 11.3 Å². The first-order valence-electron chi connectivity index (χ1n) is 8.75. The second-order valence-corrected chi connectivity index (χ2v) is 8.97. The molecular formula is C18H22N2O4S. The van der Waals surface area contributed by atoms with Gasteiger partial charge in [-0.3, -0.25) is 0 Å². The third-order valence-corrected chi connectivity index (χ3v) is 5.69. The molecule has 0 radical (unpaired) electrons. The maximum Gasteiger partial charge on any atom is 0.407 e. The molecular weight excluding hydrogens is 340 g/mol. The molecule has 2 aliphatic rings. The van der Waals surface area contributed by atoms with E-state index in [0.29, 0.717) is 23.6 Å². The fourth-order valence-electron chi connectivity index (χ4n) is 3.23. The van der Waals surface area contributed by atoms with Crippen molar-refractivity contribution in [1.29, 1.82) is 0 Å². The van der Waals surface area contributed by atoms with Gasteiger partial charge in [-0.05, 0) is 58.4 Å². The average molecular weight is 362 g/mol. The van der Waals surface area contributed by atoms with E-state index in [-0.39, 0.29) is 11.7 Å². The molecule has 0 saturated heterocycles. The van der Waals surface area contributed by atoms with E-state index in [4.69, 9.17) is 9.15 Å². The molecule has 1 amide bonds. The first-order chi connectivity index (χ1) is 11.8. The molecule has 1 saturated carbocycles. The number of ether oxygens (including phenoxy) is 1. The summed E-state index contributed by atoms with van der Waals surface area (Å²) in [5.41, 5.74) is 0.168. The van der Waals surface area contributed by atoms with Gasteiger partial charge in [0.25, 0.3) is 0 Å². The van der Waals surface area contributed by atoms with Gasteiger partial charge in [-0.2, -0.15) is 0 Å². The van der Waals surface area contributed by atoms with Gasteiger partial charge >= 0.3 is 11.7 Å². The molecule has 2 heterocycles. The molecule has 1 fully saturated rings. The fourth-order valence-corrected chi connectivity index (χ4v) is 4.44. The zero-order valence-corrected chi connectivity index (χ0v) is 15.5. The number of alkyl carbamates (subject to hydrolysis) is 1. The molecule has 2 aliphatic carbocycles. The summed E-state index contributed by atoms with van der Waals surface area (Å²) in [6, 6.07) is -0.0392. The second kappa shape index (κ2) is 5.83. The quantitative estimate of drug-likeness (QED) is 0.884. The van der Waals surface area contributed by atoms with Gasteiger partial charge in [0.05, 0.1) is 0 Å². The molecule has 0 bridgehead atoms. The number of rotatable bonds is 2. The summed E-state index contributed by atoms with van der Waals surface area (Å²) in [5, 5.41) is 3.52. The first-order valence-corrected chi connectivity index (χ1v) is 9.56. The van der Waals surface area contributed by atoms with Crippen LogP contribution in [0.15, 0.2) is 9.21 Å². The Kier molecular flexibility index (Phi) is 3.86. The van der Waals surface area contributed by atoms with Crippen molar-refractivity contribution in [3.63, 3.8) is 0 Å². The molecule has 4 rings (SSSR count). The van der Waals surface area contributed by atoms with Crippen molar-refractivity contribution in [2.24, 2.45) is 0 Å². The normalized spacial score (nSPS) is 20.4. The van der Waals surface area contributed by atoms with Crippen molar-refractivity contribution >= 4 is 27.6 Å². The molecule has 7 heteroatoms. The lowest BCUT2D eigenvalue weighted by Gasteiger charge is -2.26. The lowest BCUT2D eigenvalue weighted by molar-refractivity contribution is 0.0500. The summed E-state index contributed by atoms with van der Waals surface area (Å²) < 4.78 is 10.8. The van der Waals surface area contributed by atoms with E-state index in [0.717, 1.165) is 36.1 Å². The third-order valence-electron chi connectivity index (χ3n) is 4.50. The highest BCUT2D eigenvalue weighted by atomic mass is 32.1. The van der Waals surface area contributed by atoms with Crippen molar-refractivity contribution in [2.75, 3.05) is 0 Å². The molecule has 2 aromatic rings. The predicted octanol–water partition coefficient (Wildman–Crippen LogP) is 3.51. The lowest BCUT2D eigenvalue weighted by Crippen LogP contribution is -2.41. The first kappa shape index (κ1) is 16.6. The van der Waals surface area contributed by atoms with Gasteiger partial charge in [0, 0.05) is 16.8 Å². The second-order valence-electron chi connectivity index (χ2n) is 7.88. The van der Waals surface area contributed by atoms with Crippen LogP contribution in [-0.4, -0.2) is 22.7 Å². The molecule has 0 aromatic carbocycles. The van der Waals surface area contributed by atoms with Gasteiger partial charge in [-0.1, -0.05) is 0 Å². The maximum atomic E-state index is 12.5. The van der Waals surface area contributed by atoms with E-state index in [9.17, 15) is 9.59 Å². The topological polar surface area (TPSA) is 81.4 Å². The van der Waals surface area contributed by atoms with Gasteiger partial charge in [0.2, 0.25) is 5.89 Å². The van der Waals surface area contributed by atoms with Crippen LogP contribution < -0.4 is 10.9 Å². The molecule has 1 N–H and O–H groups in total. The van der Waals surface area contributed by atoms with E-state index in [2.05, 4.69) is 10.3 Å². The van der Waals surface area contributed by atoms with Gasteiger partial charge in [-0.25, -0.2) is 14.6 Å². The lowest BCUT2D eigenvalue weighted by atomic mass is 9.93. The van der Waals surface area contributed by atoms with E-state index in [1.165, 1.54) is 4.88 Å². The highest BCUT2D eigenvalue weighted by molar-refractivity contribution is 7.18. The minimum atomic E-state index is -0.525. The van der Waals surface area contributed by atoms with Crippen LogP contribution in [0.4, 0.5) is 4.79 Å². The van der Waals surface area contributed by atoms with Crippen LogP contribution in [0.5, 0.6) is 0 Å². The summed E-state index contributed by atoms with van der Waals surface area (Å²) in [6.07, 6.45) is 3.96. The highest BCUT2D eigenvalue weighted by Gasteiger charge is 2.31. The molecule has 1 unspecified atom stereocenters. The minimum Gasteiger partial charge on any atom is -0.444 e. The Morgan fingerprint density at radius 3 is 2.76 bits per heavy atom. The third kappa shape index (κ3) is 3.42. The number of thiophene rings is 1. The van der Waals surface area contributed by atoms with Crippen molar-refractivity contribution in [3.05, 3.63) is 26.8 Å². The van der Waals surface area contributed by atoms with Crippen LogP contribution in [0.2, 0.25) is 0 Å². The predicted molar refractivity (Wildman–Crippen MR) is 95.3 cm³/mol. The molecule has 6 nitrogen and oxygen atoms in total. The Labute approximate surface area is 149 Å². The Morgan fingerprint density at radius 1 is 1.32 bits per heavy atom. The molecule has 25 heavy (non-hydrogen) atoms. The summed E-state index contributed by atoms with van der Waals surface area (Å²) in [7, 11) is 0. The average Bonchev–Trinajstić information content (AvgIpc) is 3.26. The van der Waals surface area contributed by atoms with Crippen LogP contribution in [0.1, 0.15) is 62.3 Å². The Balaban J connectivity index is 1.58. The molecule has 2 aromatic heterocycles. The smallest absolute Gasteiger partial charge is 0.407 e. The fraction of sp³-hybridized carbons (Fsp3) is 0.611. The number of hydrogen-bond donors (Lipinski definition) is 1. The standard InChI is InChI=1S/C18H22N2O4S/c1-18(2,3)24-17(22)19-10-6-7-12-11(8-10)13-15(25-12)20-14(9-4-5-9)23-16(13)21/h9-10H,4-8H2,1-3H3,(H,19,22). The van der Waals surface area contributed by atoms with E-state index in [1.807, 2.05) is 20.8 Å². The maximum absolute atomic E-state index is 12.5. The molecule has 0 aliphatic heterocycles. The zero-order valence-electron chi connectivity index (χ0n) is 14.7. The number of nitrogens with one attached hydrogen (secondary N) is 1. The van der Waals surface area contributed by atoms with Crippen molar-refractivity contribution < 1.29 is 13.9 Å². The number of fused-ring (bicyclic) bond motifs is 3. The number of carbonyl (C=O) groups is 1. The molecule has 134 valence electrons. The number of hydrogen-bond acceptors (Lipinski definition) is 6. The van der Waals surface area contributed by atoms with Gasteiger partial charge in [0.1, 0.15) is 15.8 Å². The number of nitrogens with zero attached hydrogens (tertiary/aromatic N) is 1. The van der Waals surface area contributed by atoms with Gasteiger partial charge < -0.3 is 14.5 Å². The Morgan fingerprint density at radius 2 is 2.08 bits per heavy atom. The zero-order chi connectivity index (χ0) is 17.8. The van der Waals surface area contributed by atoms with Crippen molar-refractivity contribution in [2.45, 2.75) is 70.4 Å². The van der Waals surface area contributed by atoms with Crippen LogP contribution in [0.25, 0.3) is 10.2 Å². The van der Waals surface area contributed by atoms with Crippen LogP contribution in [0.3, 0.4) is 0 Å². The Hall–Kier alpha value is -1.89. The summed E-state index contributed by atoms with van der Waals surface area (Å²) >= 11 is 1.59. The van der Waals surface area contributed by atoms with Crippen molar-refractivity contribution in [3.8, 4) is 0 Å². The van der Waals surface area contributed by atoms with Crippen LogP contribution in [-0.2, 0) is 17.6 Å². The minimum absolute atomic E-state index is 0.0392. The summed E-state index contributed by atoms with van der Waals surface area (Å²) in [5.74, 6) is 0.900. The van der Waals surface area contributed by atoms with E-state index in [1.54, 1.807) is 11.3 Å². The van der Waals surface area contributed by atoms with Crippen molar-refractivity contribution in [1.82, 2.24) is 10.3 Å². The monoisotopic (exact) mass is 362 g/mol. The summed E-state index contributed by atoms with van der Waals surface area (Å²) in [6.45, 7) is 5.52. The Bertz CT molecular complexity index is 889. The molecule has 1 atom stereocenters. The van der Waals surface area contributed by atoms with E-state index < -0.39 is 11.7 Å². The molecule has 0 spiro atoms. The number of amides is 1. The SMILES string of the molecule is CC(C)(C)OC(=O)NC1CCc2sc3nc(C4CC4)oc(=O)c3c2C1. The highest BCUT2D eigenvalue weighted by Crippen LogP contribution is 2.40. The van der Waals surface area contributed by atoms with Crippen LogP contribution in [0, 0.1) is 0 Å². The van der Waals surface area contributed by atoms with Gasteiger partial charge in [0.15, 0.2) is 0 Å².